The van der Waals surface area contributed by atoms with Crippen molar-refractivity contribution in [2.24, 2.45) is 0 Å². The Labute approximate surface area is 173 Å². The van der Waals surface area contributed by atoms with E-state index in [2.05, 4.69) is 30.0 Å². The molecule has 0 radical (unpaired) electrons. The van der Waals surface area contributed by atoms with E-state index >= 15 is 0 Å². The van der Waals surface area contributed by atoms with Gasteiger partial charge in [-0.25, -0.2) is 13.1 Å². The number of aryl methyl sites for hydroxylation is 1. The summed E-state index contributed by atoms with van der Waals surface area (Å²) in [6, 6.07) is 13.2. The first kappa shape index (κ1) is 22.9. The molecule has 0 fully saturated rings. The van der Waals surface area contributed by atoms with Crippen molar-refractivity contribution in [3.63, 3.8) is 0 Å². The summed E-state index contributed by atoms with van der Waals surface area (Å²) < 4.78 is 31.4. The molecule has 0 aromatic heterocycles. The predicted octanol–water partition coefficient (Wildman–Crippen LogP) is 3.25. The summed E-state index contributed by atoms with van der Waals surface area (Å²) >= 11 is 0. The topological polar surface area (TPSA) is 84.5 Å². The number of carbonyl (C=O) groups is 1. The van der Waals surface area contributed by atoms with Crippen molar-refractivity contribution < 1.29 is 17.9 Å². The lowest BCUT2D eigenvalue weighted by Gasteiger charge is -2.18. The Hall–Kier alpha value is -2.38. The van der Waals surface area contributed by atoms with Gasteiger partial charge in [0.05, 0.1) is 5.75 Å². The number of carbonyl (C=O) groups excluding carboxylic acids is 1. The van der Waals surface area contributed by atoms with E-state index in [0.29, 0.717) is 23.8 Å². The molecule has 0 heterocycles. The van der Waals surface area contributed by atoms with Crippen LogP contribution in [0.2, 0.25) is 0 Å². The molecule has 0 saturated heterocycles. The summed E-state index contributed by atoms with van der Waals surface area (Å²) in [6.45, 7) is 8.26. The molecule has 1 amide bonds. The summed E-state index contributed by atoms with van der Waals surface area (Å²) in [6.07, 6.45) is -0.629. The minimum Gasteiger partial charge on any atom is -0.481 e. The second-order valence-electron chi connectivity index (χ2n) is 7.44. The molecule has 2 aromatic rings. The highest BCUT2D eigenvalue weighted by Gasteiger charge is 2.16. The van der Waals surface area contributed by atoms with Crippen LogP contribution < -0.4 is 14.8 Å². The van der Waals surface area contributed by atoms with Crippen LogP contribution in [0, 0.1) is 6.92 Å². The van der Waals surface area contributed by atoms with E-state index < -0.39 is 16.1 Å². The van der Waals surface area contributed by atoms with Gasteiger partial charge in [0.15, 0.2) is 6.10 Å². The van der Waals surface area contributed by atoms with Crippen LogP contribution in [0.5, 0.6) is 5.75 Å². The van der Waals surface area contributed by atoms with E-state index in [9.17, 15) is 13.2 Å². The van der Waals surface area contributed by atoms with E-state index in [1.807, 2.05) is 31.2 Å². The molecule has 7 heteroatoms. The van der Waals surface area contributed by atoms with E-state index in [1.165, 1.54) is 12.6 Å². The number of hydrogen-bond donors (Lipinski definition) is 2. The largest absolute Gasteiger partial charge is 0.481 e. The molecule has 0 aliphatic heterocycles. The summed E-state index contributed by atoms with van der Waals surface area (Å²) in [7, 11) is -1.91. The molecule has 1 unspecified atom stereocenters. The molecular formula is C22H30N2O4S. The summed E-state index contributed by atoms with van der Waals surface area (Å²) in [5.74, 6) is 0.818. The molecule has 158 valence electrons. The van der Waals surface area contributed by atoms with Gasteiger partial charge in [-0.2, -0.15) is 0 Å². The fraction of sp³-hybridized carbons (Fsp3) is 0.409. The zero-order valence-corrected chi connectivity index (χ0v) is 18.5. The average molecular weight is 419 g/mol. The van der Waals surface area contributed by atoms with Crippen LogP contribution in [0.25, 0.3) is 0 Å². The number of rotatable bonds is 9. The molecule has 0 aliphatic carbocycles. The number of benzene rings is 2. The molecule has 2 aromatic carbocycles. The third kappa shape index (κ3) is 6.87. The Balaban J connectivity index is 1.93. The van der Waals surface area contributed by atoms with Gasteiger partial charge in [0.25, 0.3) is 5.91 Å². The maximum atomic E-state index is 12.4. The molecule has 0 aliphatic rings. The normalized spacial score (nSPS) is 12.6. The van der Waals surface area contributed by atoms with Crippen LogP contribution >= 0.6 is 0 Å². The number of hydrogen-bond acceptors (Lipinski definition) is 4. The number of ether oxygens (including phenoxy) is 1. The van der Waals surface area contributed by atoms with E-state index in [4.69, 9.17) is 4.74 Å². The monoisotopic (exact) mass is 418 g/mol. The van der Waals surface area contributed by atoms with Crippen LogP contribution in [0.15, 0.2) is 42.5 Å². The predicted molar refractivity (Wildman–Crippen MR) is 115 cm³/mol. The van der Waals surface area contributed by atoms with Crippen LogP contribution in [0.3, 0.4) is 0 Å². The van der Waals surface area contributed by atoms with Crippen molar-refractivity contribution in [3.8, 4) is 5.75 Å². The van der Waals surface area contributed by atoms with Gasteiger partial charge in [-0.15, -0.1) is 0 Å². The smallest absolute Gasteiger partial charge is 0.261 e. The molecule has 6 nitrogen and oxygen atoms in total. The van der Waals surface area contributed by atoms with E-state index in [0.717, 1.165) is 11.1 Å². The fourth-order valence-corrected chi connectivity index (χ4v) is 3.50. The molecular weight excluding hydrogens is 388 g/mol. The van der Waals surface area contributed by atoms with Crippen LogP contribution in [0.4, 0.5) is 0 Å². The van der Waals surface area contributed by atoms with Gasteiger partial charge in [0, 0.05) is 6.54 Å². The minimum absolute atomic E-state index is 0.0736. The number of sulfonamides is 1. The SMILES string of the molecule is CNS(=O)(=O)Cc1ccc(CNC(=O)C(C)Oc2cc(C(C)C)ccc2C)cc1. The van der Waals surface area contributed by atoms with Crippen LogP contribution in [-0.2, 0) is 27.1 Å². The average Bonchev–Trinajstić information content (AvgIpc) is 2.68. The Morgan fingerprint density at radius 3 is 2.24 bits per heavy atom. The minimum atomic E-state index is -3.30. The molecule has 1 atom stereocenters. The van der Waals surface area contributed by atoms with E-state index in [-0.39, 0.29) is 11.7 Å². The number of nitrogens with one attached hydrogen (secondary N) is 2. The molecule has 0 bridgehead atoms. The number of amides is 1. The van der Waals surface area contributed by atoms with Crippen molar-refractivity contribution in [1.29, 1.82) is 0 Å². The fourth-order valence-electron chi connectivity index (χ4n) is 2.72. The lowest BCUT2D eigenvalue weighted by molar-refractivity contribution is -0.127. The zero-order valence-electron chi connectivity index (χ0n) is 17.7. The Bertz CT molecular complexity index is 938. The van der Waals surface area contributed by atoms with E-state index in [1.54, 1.807) is 19.1 Å². The standard InChI is InChI=1S/C22H30N2O4S/c1-15(2)20-11-6-16(3)21(12-20)28-17(4)22(25)24-13-18-7-9-19(10-8-18)14-29(26,27)23-5/h6-12,15,17,23H,13-14H2,1-5H3,(H,24,25). The van der Waals surface area contributed by atoms with Crippen molar-refractivity contribution in [1.82, 2.24) is 10.0 Å². The van der Waals surface area contributed by atoms with Gasteiger partial charge >= 0.3 is 0 Å². The molecule has 0 spiro atoms. The Morgan fingerprint density at radius 1 is 1.03 bits per heavy atom. The van der Waals surface area contributed by atoms with Gasteiger partial charge < -0.3 is 10.1 Å². The van der Waals surface area contributed by atoms with Crippen molar-refractivity contribution >= 4 is 15.9 Å². The van der Waals surface area contributed by atoms with Crippen molar-refractivity contribution in [3.05, 3.63) is 64.7 Å². The first-order valence-electron chi connectivity index (χ1n) is 9.65. The third-order valence-corrected chi connectivity index (χ3v) is 6.04. The summed E-state index contributed by atoms with van der Waals surface area (Å²) in [4.78, 5) is 12.4. The molecule has 0 saturated carbocycles. The highest BCUT2D eigenvalue weighted by molar-refractivity contribution is 7.88. The van der Waals surface area contributed by atoms with Gasteiger partial charge in [0.1, 0.15) is 5.75 Å². The quantitative estimate of drug-likeness (QED) is 0.655. The molecule has 2 rings (SSSR count). The Kier molecular flexibility index (Phi) is 7.81. The maximum absolute atomic E-state index is 12.4. The highest BCUT2D eigenvalue weighted by atomic mass is 32.2. The Morgan fingerprint density at radius 2 is 1.66 bits per heavy atom. The van der Waals surface area contributed by atoms with Crippen molar-refractivity contribution in [2.45, 2.75) is 52.0 Å². The highest BCUT2D eigenvalue weighted by Crippen LogP contribution is 2.25. The van der Waals surface area contributed by atoms with Crippen molar-refractivity contribution in [2.75, 3.05) is 7.05 Å². The maximum Gasteiger partial charge on any atom is 0.261 e. The first-order valence-corrected chi connectivity index (χ1v) is 11.3. The van der Waals surface area contributed by atoms with Crippen LogP contribution in [-0.4, -0.2) is 27.5 Å². The van der Waals surface area contributed by atoms with Crippen LogP contribution in [0.1, 0.15) is 48.9 Å². The van der Waals surface area contributed by atoms with Gasteiger partial charge in [-0.3, -0.25) is 4.79 Å². The molecule has 29 heavy (non-hydrogen) atoms. The first-order chi connectivity index (χ1) is 13.6. The zero-order chi connectivity index (χ0) is 21.6. The second-order valence-corrected chi connectivity index (χ2v) is 9.36. The second kappa shape index (κ2) is 9.89. The summed E-state index contributed by atoms with van der Waals surface area (Å²) in [5.41, 5.74) is 3.72. The van der Waals surface area contributed by atoms with Gasteiger partial charge in [-0.05, 0) is 55.1 Å². The lowest BCUT2D eigenvalue weighted by atomic mass is 10.0. The third-order valence-electron chi connectivity index (χ3n) is 4.71. The molecule has 2 N–H and O–H groups in total. The van der Waals surface area contributed by atoms with Gasteiger partial charge in [0.2, 0.25) is 10.0 Å². The lowest BCUT2D eigenvalue weighted by Crippen LogP contribution is -2.36. The van der Waals surface area contributed by atoms with Gasteiger partial charge in [-0.1, -0.05) is 50.2 Å². The summed E-state index contributed by atoms with van der Waals surface area (Å²) in [5, 5.41) is 2.86.